The Morgan fingerprint density at radius 1 is 0.467 bits per heavy atom. The molecular formula is C22H12F6N2. The number of halogens is 6. The van der Waals surface area contributed by atoms with E-state index in [1.807, 2.05) is 0 Å². The van der Waals surface area contributed by atoms with Crippen molar-refractivity contribution in [3.05, 3.63) is 106 Å². The first kappa shape index (κ1) is 19.9. The minimum atomic E-state index is -1.85. The third-order valence-corrected chi connectivity index (χ3v) is 4.83. The Morgan fingerprint density at radius 2 is 0.800 bits per heavy atom. The van der Waals surface area contributed by atoms with Crippen LogP contribution in [0.2, 0.25) is 0 Å². The van der Waals surface area contributed by atoms with Crippen LogP contribution in [0.4, 0.5) is 26.3 Å². The largest absolute Gasteiger partial charge is 0.265 e. The summed E-state index contributed by atoms with van der Waals surface area (Å²) in [7, 11) is 0. The fourth-order valence-corrected chi connectivity index (χ4v) is 3.33. The van der Waals surface area contributed by atoms with Crippen molar-refractivity contribution in [1.82, 2.24) is 9.97 Å². The number of hydrogen-bond donors (Lipinski definition) is 0. The van der Waals surface area contributed by atoms with Crippen LogP contribution in [0.5, 0.6) is 0 Å². The summed E-state index contributed by atoms with van der Waals surface area (Å²) in [5.74, 6) is -10.0. The molecule has 0 aliphatic carbocycles. The predicted molar refractivity (Wildman–Crippen MR) is 97.8 cm³/mol. The van der Waals surface area contributed by atoms with Gasteiger partial charge in [0.1, 0.15) is 11.6 Å². The highest BCUT2D eigenvalue weighted by atomic mass is 19.2. The maximum Gasteiger partial charge on any atom is 0.170 e. The summed E-state index contributed by atoms with van der Waals surface area (Å²) in [5, 5.41) is -2.52. The summed E-state index contributed by atoms with van der Waals surface area (Å²) in [6.07, 6.45) is 4.61. The lowest BCUT2D eigenvalue weighted by Gasteiger charge is -2.15. The molecule has 152 valence electrons. The summed E-state index contributed by atoms with van der Waals surface area (Å²) in [5.41, 5.74) is -0.819. The topological polar surface area (TPSA) is 25.8 Å². The molecule has 0 saturated carbocycles. The monoisotopic (exact) mass is 418 g/mol. The van der Waals surface area contributed by atoms with E-state index in [0.29, 0.717) is 11.1 Å². The van der Waals surface area contributed by atoms with Crippen molar-refractivity contribution in [3.8, 4) is 0 Å². The van der Waals surface area contributed by atoms with Crippen LogP contribution in [-0.2, 0) is 12.8 Å². The van der Waals surface area contributed by atoms with Gasteiger partial charge in [-0.2, -0.15) is 0 Å². The van der Waals surface area contributed by atoms with Gasteiger partial charge in [0.2, 0.25) is 0 Å². The zero-order chi connectivity index (χ0) is 21.4. The number of rotatable bonds is 4. The number of nitrogens with zero attached hydrogens (tertiary/aromatic N) is 2. The van der Waals surface area contributed by atoms with E-state index in [9.17, 15) is 17.6 Å². The van der Waals surface area contributed by atoms with Gasteiger partial charge in [-0.05, 0) is 35.4 Å². The quantitative estimate of drug-likeness (QED) is 0.316. The van der Waals surface area contributed by atoms with Crippen LogP contribution >= 0.6 is 0 Å². The molecule has 0 aliphatic heterocycles. The third kappa shape index (κ3) is 3.28. The van der Waals surface area contributed by atoms with Gasteiger partial charge in [0.15, 0.2) is 23.3 Å². The molecule has 0 atom stereocenters. The number of aromatic nitrogens is 2. The molecule has 2 aromatic heterocycles. The van der Waals surface area contributed by atoms with Crippen molar-refractivity contribution in [2.45, 2.75) is 12.8 Å². The molecule has 8 heteroatoms. The molecule has 0 aliphatic rings. The van der Waals surface area contributed by atoms with E-state index in [1.54, 1.807) is 0 Å². The van der Waals surface area contributed by atoms with Crippen LogP contribution in [0.3, 0.4) is 0 Å². The molecule has 0 bridgehead atoms. The Labute approximate surface area is 166 Å². The molecular weight excluding hydrogens is 406 g/mol. The summed E-state index contributed by atoms with van der Waals surface area (Å²) < 4.78 is 88.5. The molecule has 0 spiro atoms. The van der Waals surface area contributed by atoms with E-state index in [1.165, 1.54) is 49.1 Å². The van der Waals surface area contributed by atoms with Crippen molar-refractivity contribution in [3.63, 3.8) is 0 Å². The van der Waals surface area contributed by atoms with Gasteiger partial charge in [0, 0.05) is 48.8 Å². The molecule has 0 unspecified atom stereocenters. The normalized spacial score (nSPS) is 11.3. The predicted octanol–water partition coefficient (Wildman–Crippen LogP) is 5.65. The molecule has 2 heterocycles. The van der Waals surface area contributed by atoms with Crippen LogP contribution < -0.4 is 0 Å². The molecule has 0 saturated heterocycles. The highest BCUT2D eigenvalue weighted by Crippen LogP contribution is 2.36. The number of fused-ring (bicyclic) bond motifs is 1. The smallest absolute Gasteiger partial charge is 0.170 e. The second-order valence-electron chi connectivity index (χ2n) is 6.66. The minimum absolute atomic E-state index is 0.376. The van der Waals surface area contributed by atoms with E-state index in [-0.39, 0.29) is 0 Å². The van der Waals surface area contributed by atoms with Crippen LogP contribution in [0, 0.1) is 34.9 Å². The van der Waals surface area contributed by atoms with Crippen LogP contribution in [0.15, 0.2) is 49.1 Å². The number of pyridine rings is 2. The first-order valence-corrected chi connectivity index (χ1v) is 8.82. The van der Waals surface area contributed by atoms with Crippen LogP contribution in [0.25, 0.3) is 10.8 Å². The number of hydrogen-bond acceptors (Lipinski definition) is 2. The van der Waals surface area contributed by atoms with Crippen molar-refractivity contribution >= 4 is 10.8 Å². The van der Waals surface area contributed by atoms with Gasteiger partial charge in [-0.15, -0.1) is 0 Å². The average molecular weight is 418 g/mol. The first-order valence-electron chi connectivity index (χ1n) is 8.82. The molecule has 2 nitrogen and oxygen atoms in total. The summed E-state index contributed by atoms with van der Waals surface area (Å²) in [6.45, 7) is 0. The Hall–Kier alpha value is -3.42. The van der Waals surface area contributed by atoms with Gasteiger partial charge >= 0.3 is 0 Å². The van der Waals surface area contributed by atoms with Gasteiger partial charge in [-0.1, -0.05) is 0 Å². The molecule has 2 aromatic carbocycles. The van der Waals surface area contributed by atoms with E-state index in [0.717, 1.165) is 0 Å². The molecule has 4 rings (SSSR count). The molecule has 4 aromatic rings. The highest BCUT2D eigenvalue weighted by Gasteiger charge is 2.30. The lowest BCUT2D eigenvalue weighted by Crippen LogP contribution is -2.10. The highest BCUT2D eigenvalue weighted by molar-refractivity contribution is 5.87. The van der Waals surface area contributed by atoms with Gasteiger partial charge in [-0.25, -0.2) is 26.3 Å². The molecule has 0 fully saturated rings. The van der Waals surface area contributed by atoms with Crippen LogP contribution in [-0.4, -0.2) is 9.97 Å². The van der Waals surface area contributed by atoms with E-state index >= 15 is 8.78 Å². The Morgan fingerprint density at radius 3 is 1.17 bits per heavy atom. The van der Waals surface area contributed by atoms with Gasteiger partial charge < -0.3 is 0 Å². The minimum Gasteiger partial charge on any atom is -0.265 e. The summed E-state index contributed by atoms with van der Waals surface area (Å²) in [4.78, 5) is 7.54. The fourth-order valence-electron chi connectivity index (χ4n) is 3.33. The van der Waals surface area contributed by atoms with E-state index < -0.39 is 69.6 Å². The van der Waals surface area contributed by atoms with E-state index in [2.05, 4.69) is 9.97 Å². The standard InChI is InChI=1S/C22H12F6N2/c23-17-13(9-11-1-5-29-6-2-11)19(25)21(27)16-15(17)18(24)14(20(26)22(16)28)10-12-3-7-30-8-4-12/h1-8H,9-10H2. The Kier molecular flexibility index (Phi) is 5.15. The van der Waals surface area contributed by atoms with Gasteiger partial charge in [-0.3, -0.25) is 9.97 Å². The van der Waals surface area contributed by atoms with Crippen LogP contribution in [0.1, 0.15) is 22.3 Å². The molecule has 0 radical (unpaired) electrons. The van der Waals surface area contributed by atoms with E-state index in [4.69, 9.17) is 0 Å². The first-order chi connectivity index (χ1) is 14.4. The SMILES string of the molecule is Fc1c(Cc2ccncc2)c(F)c2c(F)c(Cc3ccncc3)c(F)c(F)c2c1F. The lowest BCUT2D eigenvalue weighted by atomic mass is 9.95. The zero-order valence-electron chi connectivity index (χ0n) is 15.2. The summed E-state index contributed by atoms with van der Waals surface area (Å²) >= 11 is 0. The van der Waals surface area contributed by atoms with Crippen molar-refractivity contribution < 1.29 is 26.3 Å². The lowest BCUT2D eigenvalue weighted by molar-refractivity contribution is 0.466. The Balaban J connectivity index is 1.97. The molecule has 0 amide bonds. The fraction of sp³-hybridized carbons (Fsp3) is 0.0909. The molecule has 30 heavy (non-hydrogen) atoms. The zero-order valence-corrected chi connectivity index (χ0v) is 15.2. The number of benzene rings is 2. The van der Waals surface area contributed by atoms with Gasteiger partial charge in [0.05, 0.1) is 10.8 Å². The van der Waals surface area contributed by atoms with Crippen molar-refractivity contribution in [2.24, 2.45) is 0 Å². The maximum absolute atomic E-state index is 15.1. The Bertz CT molecular complexity index is 1150. The second-order valence-corrected chi connectivity index (χ2v) is 6.66. The average Bonchev–Trinajstić information content (AvgIpc) is 2.76. The van der Waals surface area contributed by atoms with Gasteiger partial charge in [0.25, 0.3) is 0 Å². The molecule has 0 N–H and O–H groups in total. The van der Waals surface area contributed by atoms with Crippen molar-refractivity contribution in [1.29, 1.82) is 0 Å². The van der Waals surface area contributed by atoms with Crippen molar-refractivity contribution in [2.75, 3.05) is 0 Å². The summed E-state index contributed by atoms with van der Waals surface area (Å²) in [6, 6.07) is 5.77. The third-order valence-electron chi connectivity index (χ3n) is 4.83. The maximum atomic E-state index is 15.1. The second kappa shape index (κ2) is 7.78.